The second kappa shape index (κ2) is 2.97. The number of halogens is 2. The molecule has 1 aromatic rings. The molecule has 0 unspecified atom stereocenters. The first-order valence-electron chi connectivity index (χ1n) is 2.55. The fourth-order valence-corrected chi connectivity index (χ4v) is 0.988. The van der Waals surface area contributed by atoms with Crippen LogP contribution in [0.4, 0.5) is 4.39 Å². The van der Waals surface area contributed by atoms with Gasteiger partial charge in [-0.2, -0.15) is 0 Å². The first kappa shape index (κ1) is 6.75. The van der Waals surface area contributed by atoms with Gasteiger partial charge in [-0.05, 0) is 5.56 Å². The van der Waals surface area contributed by atoms with Crippen LogP contribution in [0.2, 0.25) is 0 Å². The van der Waals surface area contributed by atoms with Gasteiger partial charge in [0, 0.05) is 11.4 Å². The Morgan fingerprint density at radius 2 is 2.44 bits per heavy atom. The smallest absolute Gasteiger partial charge is 0.135 e. The first-order valence-corrected chi connectivity index (χ1v) is 3.68. The molecule has 1 rings (SSSR count). The summed E-state index contributed by atoms with van der Waals surface area (Å²) in [6.45, 7) is 0. The molecule has 47 valence electrons. The van der Waals surface area contributed by atoms with Crippen molar-refractivity contribution in [3.63, 3.8) is 0 Å². The Hall–Kier alpha value is -0.370. The van der Waals surface area contributed by atoms with Gasteiger partial charge in [0.05, 0.1) is 0 Å². The van der Waals surface area contributed by atoms with Crippen LogP contribution in [0.1, 0.15) is 5.56 Å². The van der Waals surface area contributed by atoms with Crippen molar-refractivity contribution in [2.75, 3.05) is 0 Å². The summed E-state index contributed by atoms with van der Waals surface area (Å²) in [6, 6.07) is 7.50. The van der Waals surface area contributed by atoms with Crippen LogP contribution in [0.3, 0.4) is 0 Å². The molecule has 0 atom stereocenters. The molecule has 0 aliphatic carbocycles. The topological polar surface area (TPSA) is 0 Å². The zero-order valence-electron chi connectivity index (χ0n) is 4.70. The van der Waals surface area contributed by atoms with E-state index in [0.717, 1.165) is 0 Å². The molecule has 0 aliphatic heterocycles. The number of hydrogen-bond acceptors (Lipinski definition) is 0. The zero-order chi connectivity index (χ0) is 6.69. The van der Waals surface area contributed by atoms with Gasteiger partial charge >= 0.3 is 0 Å². The Balaban J connectivity index is 3.01. The quantitative estimate of drug-likeness (QED) is 0.594. The molecular weight excluding hydrogens is 183 g/mol. The lowest BCUT2D eigenvalue weighted by Gasteiger charge is -1.93. The third-order valence-electron chi connectivity index (χ3n) is 1.03. The fourth-order valence-electron chi connectivity index (χ4n) is 0.555. The second-order valence-electron chi connectivity index (χ2n) is 1.64. The third-order valence-corrected chi connectivity index (χ3v) is 1.63. The van der Waals surface area contributed by atoms with Crippen molar-refractivity contribution in [1.29, 1.82) is 0 Å². The van der Waals surface area contributed by atoms with Crippen LogP contribution in [0.15, 0.2) is 18.2 Å². The summed E-state index contributed by atoms with van der Waals surface area (Å²) in [5, 5.41) is 0.552. The van der Waals surface area contributed by atoms with Gasteiger partial charge in [-0.3, -0.25) is 0 Å². The molecule has 0 nitrogen and oxygen atoms in total. The molecule has 2 heteroatoms. The molecule has 0 saturated carbocycles. The van der Waals surface area contributed by atoms with Gasteiger partial charge in [0.15, 0.2) is 0 Å². The van der Waals surface area contributed by atoms with Gasteiger partial charge < -0.3 is 0 Å². The molecule has 0 heterocycles. The standard InChI is InChI=1S/C7H5BrF/c8-5-6-3-1-2-4-7(6)9/h1-3H,5H2. The average Bonchev–Trinajstić information content (AvgIpc) is 1.89. The van der Waals surface area contributed by atoms with Crippen molar-refractivity contribution < 1.29 is 4.39 Å². The summed E-state index contributed by atoms with van der Waals surface area (Å²) in [4.78, 5) is 0. The lowest BCUT2D eigenvalue weighted by molar-refractivity contribution is 0.615. The summed E-state index contributed by atoms with van der Waals surface area (Å²) in [6.07, 6.45) is 0. The van der Waals surface area contributed by atoms with Crippen molar-refractivity contribution in [2.24, 2.45) is 0 Å². The molecule has 0 saturated heterocycles. The number of hydrogen-bond donors (Lipinski definition) is 0. The molecule has 9 heavy (non-hydrogen) atoms. The molecule has 0 bridgehead atoms. The molecule has 1 aromatic carbocycles. The number of rotatable bonds is 1. The Morgan fingerprint density at radius 3 is 2.89 bits per heavy atom. The lowest BCUT2D eigenvalue weighted by atomic mass is 10.2. The molecule has 1 radical (unpaired) electrons. The van der Waals surface area contributed by atoms with E-state index in [4.69, 9.17) is 0 Å². The van der Waals surface area contributed by atoms with Gasteiger partial charge in [0.2, 0.25) is 0 Å². The highest BCUT2D eigenvalue weighted by Crippen LogP contribution is 2.08. The van der Waals surface area contributed by atoms with E-state index >= 15 is 0 Å². The van der Waals surface area contributed by atoms with Crippen LogP contribution >= 0.6 is 15.9 Å². The molecule has 0 aliphatic rings. The first-order chi connectivity index (χ1) is 4.34. The third kappa shape index (κ3) is 1.52. The molecule has 0 fully saturated rings. The predicted octanol–water partition coefficient (Wildman–Crippen LogP) is 2.52. The highest BCUT2D eigenvalue weighted by Gasteiger charge is 1.95. The highest BCUT2D eigenvalue weighted by molar-refractivity contribution is 9.08. The largest absolute Gasteiger partial charge is 0.206 e. The van der Waals surface area contributed by atoms with Crippen LogP contribution in [0, 0.1) is 11.9 Å². The SMILES string of the molecule is Fc1[c]cccc1CBr. The molecular formula is C7H5BrF. The maximum atomic E-state index is 12.5. The van der Waals surface area contributed by atoms with Gasteiger partial charge in [-0.1, -0.05) is 34.1 Å². The molecule has 0 aromatic heterocycles. The molecule has 0 amide bonds. The summed E-state index contributed by atoms with van der Waals surface area (Å²) < 4.78 is 12.5. The van der Waals surface area contributed by atoms with E-state index in [0.29, 0.717) is 10.9 Å². The predicted molar refractivity (Wildman–Crippen MR) is 37.9 cm³/mol. The van der Waals surface area contributed by atoms with Crippen LogP contribution in [-0.2, 0) is 5.33 Å². The minimum Gasteiger partial charge on any atom is -0.206 e. The zero-order valence-corrected chi connectivity index (χ0v) is 6.28. The minimum atomic E-state index is -0.269. The highest BCUT2D eigenvalue weighted by atomic mass is 79.9. The minimum absolute atomic E-state index is 0.269. The summed E-state index contributed by atoms with van der Waals surface area (Å²) in [5.41, 5.74) is 0.650. The van der Waals surface area contributed by atoms with Crippen molar-refractivity contribution in [3.8, 4) is 0 Å². The normalized spacial score (nSPS) is 9.56. The second-order valence-corrected chi connectivity index (χ2v) is 2.20. The number of alkyl halides is 1. The van der Waals surface area contributed by atoms with E-state index < -0.39 is 0 Å². The van der Waals surface area contributed by atoms with Crippen LogP contribution < -0.4 is 0 Å². The van der Waals surface area contributed by atoms with E-state index in [-0.39, 0.29) is 5.82 Å². The van der Waals surface area contributed by atoms with Crippen molar-refractivity contribution in [3.05, 3.63) is 35.6 Å². The maximum absolute atomic E-state index is 12.5. The summed E-state index contributed by atoms with van der Waals surface area (Å²) in [5.74, 6) is -0.269. The van der Waals surface area contributed by atoms with Crippen molar-refractivity contribution in [2.45, 2.75) is 5.33 Å². The van der Waals surface area contributed by atoms with Gasteiger partial charge in [0.1, 0.15) is 5.82 Å². The fraction of sp³-hybridized carbons (Fsp3) is 0.143. The Morgan fingerprint density at radius 1 is 1.67 bits per heavy atom. The van der Waals surface area contributed by atoms with Gasteiger partial charge in [0.25, 0.3) is 0 Å². The summed E-state index contributed by atoms with van der Waals surface area (Å²) in [7, 11) is 0. The maximum Gasteiger partial charge on any atom is 0.135 e. The number of benzene rings is 1. The van der Waals surface area contributed by atoms with E-state index in [9.17, 15) is 4.39 Å². The van der Waals surface area contributed by atoms with Gasteiger partial charge in [-0.15, -0.1) is 0 Å². The average molecular weight is 188 g/mol. The Labute approximate surface area is 61.8 Å². The van der Waals surface area contributed by atoms with Crippen LogP contribution in [0.25, 0.3) is 0 Å². The van der Waals surface area contributed by atoms with E-state index in [1.54, 1.807) is 18.2 Å². The van der Waals surface area contributed by atoms with Crippen molar-refractivity contribution >= 4 is 15.9 Å². The summed E-state index contributed by atoms with van der Waals surface area (Å²) >= 11 is 3.15. The lowest BCUT2D eigenvalue weighted by Crippen LogP contribution is -1.82. The van der Waals surface area contributed by atoms with E-state index in [2.05, 4.69) is 22.0 Å². The Kier molecular flexibility index (Phi) is 2.22. The molecule has 0 N–H and O–H groups in total. The van der Waals surface area contributed by atoms with Crippen molar-refractivity contribution in [1.82, 2.24) is 0 Å². The van der Waals surface area contributed by atoms with Crippen LogP contribution in [0.5, 0.6) is 0 Å². The van der Waals surface area contributed by atoms with Gasteiger partial charge in [-0.25, -0.2) is 4.39 Å². The Bertz CT molecular complexity index is 198. The van der Waals surface area contributed by atoms with E-state index in [1.165, 1.54) is 0 Å². The van der Waals surface area contributed by atoms with E-state index in [1.807, 2.05) is 0 Å². The monoisotopic (exact) mass is 187 g/mol. The molecule has 0 spiro atoms. The van der Waals surface area contributed by atoms with Crippen LogP contribution in [-0.4, -0.2) is 0 Å².